The number of nitrogens with two attached hydrogens (primary N) is 1. The number of hydrogen-bond acceptors (Lipinski definition) is 1. The predicted molar refractivity (Wildman–Crippen MR) is 78.9 cm³/mol. The second kappa shape index (κ2) is 5.95. The Balaban J connectivity index is 2.21. The third kappa shape index (κ3) is 3.40. The van der Waals surface area contributed by atoms with E-state index in [4.69, 9.17) is 5.73 Å². The normalized spacial score (nSPS) is 12.4. The molecule has 0 aliphatic heterocycles. The molecule has 1 unspecified atom stereocenters. The van der Waals surface area contributed by atoms with Crippen LogP contribution in [0.25, 0.3) is 0 Å². The van der Waals surface area contributed by atoms with E-state index >= 15 is 0 Å². The quantitative estimate of drug-likeness (QED) is 0.837. The van der Waals surface area contributed by atoms with Crippen LogP contribution in [0.3, 0.4) is 0 Å². The highest BCUT2D eigenvalue weighted by Crippen LogP contribution is 2.23. The van der Waals surface area contributed by atoms with Gasteiger partial charge in [0.25, 0.3) is 0 Å². The van der Waals surface area contributed by atoms with Crippen LogP contribution < -0.4 is 5.73 Å². The minimum Gasteiger partial charge on any atom is -0.324 e. The van der Waals surface area contributed by atoms with Gasteiger partial charge >= 0.3 is 0 Å². The third-order valence-corrected chi connectivity index (χ3v) is 3.71. The molecule has 0 fully saturated rings. The van der Waals surface area contributed by atoms with Crippen molar-refractivity contribution in [2.45, 2.75) is 12.5 Å². The van der Waals surface area contributed by atoms with Crippen molar-refractivity contribution in [2.75, 3.05) is 0 Å². The maximum Gasteiger partial charge on any atom is 0.126 e. The van der Waals surface area contributed by atoms with E-state index in [1.165, 1.54) is 6.07 Å². The van der Waals surface area contributed by atoms with Crippen LogP contribution in [0.4, 0.5) is 4.39 Å². The van der Waals surface area contributed by atoms with Crippen molar-refractivity contribution >= 4 is 31.9 Å². The molecule has 0 heterocycles. The monoisotopic (exact) mass is 371 g/mol. The number of hydrogen-bond donors (Lipinski definition) is 1. The number of halogens is 3. The van der Waals surface area contributed by atoms with Gasteiger partial charge in [-0.25, -0.2) is 4.39 Å². The average molecular weight is 373 g/mol. The van der Waals surface area contributed by atoms with Crippen molar-refractivity contribution < 1.29 is 4.39 Å². The lowest BCUT2D eigenvalue weighted by Crippen LogP contribution is -2.14. The molecule has 2 rings (SSSR count). The van der Waals surface area contributed by atoms with Crippen LogP contribution in [-0.4, -0.2) is 0 Å². The molecule has 4 heteroatoms. The Kier molecular flexibility index (Phi) is 4.54. The Hall–Kier alpha value is -0.710. The maximum absolute atomic E-state index is 13.6. The molecule has 0 spiro atoms. The molecule has 0 bridgehead atoms. The summed E-state index contributed by atoms with van der Waals surface area (Å²) < 4.78 is 15.5. The lowest BCUT2D eigenvalue weighted by atomic mass is 9.99. The van der Waals surface area contributed by atoms with E-state index in [1.807, 2.05) is 24.3 Å². The lowest BCUT2D eigenvalue weighted by Gasteiger charge is -2.13. The van der Waals surface area contributed by atoms with E-state index in [9.17, 15) is 4.39 Å². The summed E-state index contributed by atoms with van der Waals surface area (Å²) in [4.78, 5) is 0. The van der Waals surface area contributed by atoms with Crippen LogP contribution in [0.1, 0.15) is 17.2 Å². The van der Waals surface area contributed by atoms with Crippen molar-refractivity contribution in [1.29, 1.82) is 0 Å². The molecule has 0 saturated carbocycles. The van der Waals surface area contributed by atoms with Gasteiger partial charge < -0.3 is 5.73 Å². The van der Waals surface area contributed by atoms with Gasteiger partial charge in [0.15, 0.2) is 0 Å². The Bertz CT molecular complexity index is 557. The van der Waals surface area contributed by atoms with Crippen LogP contribution in [0, 0.1) is 5.82 Å². The summed E-state index contributed by atoms with van der Waals surface area (Å²) in [5.74, 6) is -0.219. The molecule has 18 heavy (non-hydrogen) atoms. The zero-order chi connectivity index (χ0) is 13.1. The molecular formula is C14H12Br2FN. The van der Waals surface area contributed by atoms with Gasteiger partial charge in [-0.05, 0) is 47.9 Å². The van der Waals surface area contributed by atoms with Gasteiger partial charge in [0.1, 0.15) is 5.82 Å². The minimum atomic E-state index is -0.219. The fourth-order valence-electron chi connectivity index (χ4n) is 1.79. The van der Waals surface area contributed by atoms with E-state index < -0.39 is 0 Å². The fourth-order valence-corrected chi connectivity index (χ4v) is 2.62. The largest absolute Gasteiger partial charge is 0.324 e. The Morgan fingerprint density at radius 1 is 1.06 bits per heavy atom. The van der Waals surface area contributed by atoms with Gasteiger partial charge in [-0.1, -0.05) is 44.0 Å². The second-order valence-electron chi connectivity index (χ2n) is 4.10. The van der Waals surface area contributed by atoms with Gasteiger partial charge in [0, 0.05) is 15.0 Å². The molecule has 0 saturated heterocycles. The topological polar surface area (TPSA) is 26.0 Å². The minimum absolute atomic E-state index is 0.216. The zero-order valence-electron chi connectivity index (χ0n) is 9.54. The molecule has 0 aliphatic carbocycles. The average Bonchev–Trinajstić information content (AvgIpc) is 2.34. The Morgan fingerprint density at radius 3 is 2.50 bits per heavy atom. The van der Waals surface area contributed by atoms with Gasteiger partial charge in [0.05, 0.1) is 0 Å². The highest BCUT2D eigenvalue weighted by molar-refractivity contribution is 9.10. The van der Waals surface area contributed by atoms with E-state index in [2.05, 4.69) is 31.9 Å². The van der Waals surface area contributed by atoms with E-state index in [1.54, 1.807) is 12.1 Å². The van der Waals surface area contributed by atoms with E-state index in [-0.39, 0.29) is 11.9 Å². The smallest absolute Gasteiger partial charge is 0.126 e. The number of benzene rings is 2. The molecule has 2 aromatic carbocycles. The molecule has 0 aliphatic rings. The summed E-state index contributed by atoms with van der Waals surface area (Å²) in [5.41, 5.74) is 7.72. The van der Waals surface area contributed by atoms with Gasteiger partial charge in [0.2, 0.25) is 0 Å². The Labute approximate surface area is 122 Å². The van der Waals surface area contributed by atoms with Crippen molar-refractivity contribution in [3.8, 4) is 0 Å². The first-order valence-electron chi connectivity index (χ1n) is 5.51. The Morgan fingerprint density at radius 2 is 1.78 bits per heavy atom. The highest BCUT2D eigenvalue weighted by Gasteiger charge is 2.11. The van der Waals surface area contributed by atoms with Gasteiger partial charge in [-0.2, -0.15) is 0 Å². The molecule has 0 aromatic heterocycles. The zero-order valence-corrected chi connectivity index (χ0v) is 12.7. The molecule has 1 nitrogen and oxygen atoms in total. The molecule has 1 atom stereocenters. The molecule has 0 radical (unpaired) electrons. The summed E-state index contributed by atoms with van der Waals surface area (Å²) in [5, 5.41) is 0. The van der Waals surface area contributed by atoms with E-state index in [0.717, 1.165) is 14.5 Å². The summed E-state index contributed by atoms with van der Waals surface area (Å²) in [6.07, 6.45) is 0.474. The first-order valence-corrected chi connectivity index (χ1v) is 7.10. The van der Waals surface area contributed by atoms with Crippen LogP contribution in [0.2, 0.25) is 0 Å². The summed E-state index contributed by atoms with van der Waals surface area (Å²) in [6, 6.07) is 12.5. The van der Waals surface area contributed by atoms with Crippen LogP contribution >= 0.6 is 31.9 Å². The van der Waals surface area contributed by atoms with Gasteiger partial charge in [-0.15, -0.1) is 0 Å². The summed E-state index contributed by atoms with van der Waals surface area (Å²) in [6.45, 7) is 0. The molecular weight excluding hydrogens is 361 g/mol. The third-order valence-electron chi connectivity index (χ3n) is 2.72. The van der Waals surface area contributed by atoms with Crippen LogP contribution in [0.15, 0.2) is 51.4 Å². The first kappa shape index (κ1) is 13.7. The molecule has 2 N–H and O–H groups in total. The number of rotatable bonds is 3. The van der Waals surface area contributed by atoms with Crippen LogP contribution in [-0.2, 0) is 6.42 Å². The van der Waals surface area contributed by atoms with Gasteiger partial charge in [-0.3, -0.25) is 0 Å². The summed E-state index contributed by atoms with van der Waals surface area (Å²) in [7, 11) is 0. The van der Waals surface area contributed by atoms with Crippen molar-refractivity contribution in [3.63, 3.8) is 0 Å². The van der Waals surface area contributed by atoms with Crippen molar-refractivity contribution in [3.05, 3.63) is 68.4 Å². The molecule has 94 valence electrons. The lowest BCUT2D eigenvalue weighted by molar-refractivity contribution is 0.593. The first-order chi connectivity index (χ1) is 8.56. The second-order valence-corrected chi connectivity index (χ2v) is 5.93. The molecule has 2 aromatic rings. The predicted octanol–water partition coefficient (Wildman–Crippen LogP) is 4.59. The SMILES string of the molecule is NC(Cc1cc(Br)ccc1F)c1cccc(Br)c1. The highest BCUT2D eigenvalue weighted by atomic mass is 79.9. The fraction of sp³-hybridized carbons (Fsp3) is 0.143. The maximum atomic E-state index is 13.6. The van der Waals surface area contributed by atoms with Crippen molar-refractivity contribution in [2.24, 2.45) is 5.73 Å². The standard InChI is InChI=1S/C14H12Br2FN/c15-11-3-1-2-9(6-11)14(18)8-10-7-12(16)4-5-13(10)17/h1-7,14H,8,18H2. The summed E-state index contributed by atoms with van der Waals surface area (Å²) >= 11 is 6.74. The van der Waals surface area contributed by atoms with Crippen molar-refractivity contribution in [1.82, 2.24) is 0 Å². The molecule has 0 amide bonds. The van der Waals surface area contributed by atoms with E-state index in [0.29, 0.717) is 12.0 Å². The van der Waals surface area contributed by atoms with Crippen LogP contribution in [0.5, 0.6) is 0 Å².